The Labute approximate surface area is 140 Å². The molecular weight excluding hydrogens is 313 g/mol. The Balaban J connectivity index is 1.54. The quantitative estimate of drug-likeness (QED) is 0.886. The third kappa shape index (κ3) is 4.82. The summed E-state index contributed by atoms with van der Waals surface area (Å²) in [6, 6.07) is 18.5. The Bertz CT molecular complexity index is 655. The third-order valence-electron chi connectivity index (χ3n) is 4.30. The molecular formula is C19H21F3N2. The molecule has 2 aromatic rings. The third-order valence-corrected chi connectivity index (χ3v) is 4.30. The summed E-state index contributed by atoms with van der Waals surface area (Å²) in [4.78, 5) is 1.47. The van der Waals surface area contributed by atoms with Crippen molar-refractivity contribution in [3.63, 3.8) is 0 Å². The smallest absolute Gasteiger partial charge is 0.309 e. The van der Waals surface area contributed by atoms with Crippen molar-refractivity contribution in [2.45, 2.75) is 25.2 Å². The summed E-state index contributed by atoms with van der Waals surface area (Å²) in [5, 5.41) is 3.38. The van der Waals surface area contributed by atoms with Crippen molar-refractivity contribution in [1.29, 1.82) is 0 Å². The molecule has 0 spiro atoms. The molecule has 0 aliphatic carbocycles. The summed E-state index contributed by atoms with van der Waals surface area (Å²) < 4.78 is 37.3. The van der Waals surface area contributed by atoms with Gasteiger partial charge in [0.15, 0.2) is 0 Å². The van der Waals surface area contributed by atoms with Crippen LogP contribution >= 0.6 is 0 Å². The van der Waals surface area contributed by atoms with Crippen LogP contribution in [0, 0.1) is 0 Å². The van der Waals surface area contributed by atoms with Crippen LogP contribution in [0.3, 0.4) is 0 Å². The molecule has 2 nitrogen and oxygen atoms in total. The van der Waals surface area contributed by atoms with E-state index in [9.17, 15) is 13.2 Å². The van der Waals surface area contributed by atoms with Crippen molar-refractivity contribution in [1.82, 2.24) is 10.2 Å². The number of likely N-dealkylation sites (tertiary alicyclic amines) is 1. The summed E-state index contributed by atoms with van der Waals surface area (Å²) in [5.74, 6) is 0. The first kappa shape index (κ1) is 17.0. The second-order valence-electron chi connectivity index (χ2n) is 6.28. The van der Waals surface area contributed by atoms with Crippen molar-refractivity contribution in [3.05, 3.63) is 60.2 Å². The molecule has 1 aliphatic rings. The SMILES string of the molecule is FC(F)(F)CN1CC[C@@H](NCc2cccc(-c3ccccc3)c2)C1. The van der Waals surface area contributed by atoms with Crippen molar-refractivity contribution in [2.24, 2.45) is 0 Å². The highest BCUT2D eigenvalue weighted by Gasteiger charge is 2.34. The van der Waals surface area contributed by atoms with Gasteiger partial charge in [0, 0.05) is 25.7 Å². The highest BCUT2D eigenvalue weighted by Crippen LogP contribution is 2.22. The molecule has 24 heavy (non-hydrogen) atoms. The lowest BCUT2D eigenvalue weighted by Gasteiger charge is -2.18. The zero-order valence-electron chi connectivity index (χ0n) is 13.4. The Kier molecular flexibility index (Phi) is 5.21. The summed E-state index contributed by atoms with van der Waals surface area (Å²) in [7, 11) is 0. The van der Waals surface area contributed by atoms with E-state index in [-0.39, 0.29) is 6.04 Å². The number of hydrogen-bond donors (Lipinski definition) is 1. The molecule has 0 saturated carbocycles. The normalized spacial score (nSPS) is 18.9. The first-order valence-electron chi connectivity index (χ1n) is 8.16. The van der Waals surface area contributed by atoms with Crippen LogP contribution in [0.5, 0.6) is 0 Å². The lowest BCUT2D eigenvalue weighted by atomic mass is 10.0. The van der Waals surface area contributed by atoms with E-state index < -0.39 is 12.7 Å². The van der Waals surface area contributed by atoms with Gasteiger partial charge in [-0.3, -0.25) is 4.90 Å². The van der Waals surface area contributed by atoms with Crippen molar-refractivity contribution in [2.75, 3.05) is 19.6 Å². The molecule has 0 amide bonds. The standard InChI is InChI=1S/C19H21F3N2/c20-19(21,22)14-24-10-9-18(13-24)23-12-15-5-4-8-17(11-15)16-6-2-1-3-7-16/h1-8,11,18,23H,9-10,12-14H2/t18-/m1/s1. The highest BCUT2D eigenvalue weighted by atomic mass is 19.4. The van der Waals surface area contributed by atoms with Gasteiger partial charge in [-0.1, -0.05) is 48.5 Å². The molecule has 128 valence electrons. The monoisotopic (exact) mass is 334 g/mol. The molecule has 2 aromatic carbocycles. The van der Waals surface area contributed by atoms with E-state index >= 15 is 0 Å². The molecule has 0 aromatic heterocycles. The maximum Gasteiger partial charge on any atom is 0.401 e. The Hall–Kier alpha value is -1.85. The van der Waals surface area contributed by atoms with Gasteiger partial charge < -0.3 is 5.32 Å². The van der Waals surface area contributed by atoms with E-state index in [1.54, 1.807) is 0 Å². The predicted molar refractivity (Wildman–Crippen MR) is 89.6 cm³/mol. The largest absolute Gasteiger partial charge is 0.401 e. The van der Waals surface area contributed by atoms with Crippen LogP contribution in [-0.2, 0) is 6.54 Å². The van der Waals surface area contributed by atoms with E-state index in [4.69, 9.17) is 0 Å². The molecule has 3 rings (SSSR count). The molecule has 0 radical (unpaired) electrons. The maximum absolute atomic E-state index is 12.4. The number of rotatable bonds is 5. The Morgan fingerprint density at radius 1 is 1.00 bits per heavy atom. The van der Waals surface area contributed by atoms with Gasteiger partial charge in [-0.2, -0.15) is 13.2 Å². The lowest BCUT2D eigenvalue weighted by Crippen LogP contribution is -2.36. The van der Waals surface area contributed by atoms with Crippen LogP contribution in [0.1, 0.15) is 12.0 Å². The number of alkyl halides is 3. The summed E-state index contributed by atoms with van der Waals surface area (Å²) >= 11 is 0. The zero-order valence-corrected chi connectivity index (χ0v) is 13.4. The number of nitrogens with zero attached hydrogens (tertiary/aromatic N) is 1. The van der Waals surface area contributed by atoms with Crippen LogP contribution in [0.15, 0.2) is 54.6 Å². The summed E-state index contributed by atoms with van der Waals surface area (Å²) in [5.41, 5.74) is 3.46. The molecule has 5 heteroatoms. The maximum atomic E-state index is 12.4. The Morgan fingerprint density at radius 3 is 2.50 bits per heavy atom. The average Bonchev–Trinajstić information content (AvgIpc) is 2.99. The van der Waals surface area contributed by atoms with Crippen molar-refractivity contribution < 1.29 is 13.2 Å². The van der Waals surface area contributed by atoms with Gasteiger partial charge in [0.1, 0.15) is 0 Å². The molecule has 1 saturated heterocycles. The van der Waals surface area contributed by atoms with Crippen LogP contribution in [-0.4, -0.2) is 36.8 Å². The molecule has 1 heterocycles. The highest BCUT2D eigenvalue weighted by molar-refractivity contribution is 5.63. The molecule has 1 atom stereocenters. The number of halogens is 3. The van der Waals surface area contributed by atoms with Gasteiger partial charge in [0.05, 0.1) is 6.54 Å². The molecule has 1 aliphatic heterocycles. The topological polar surface area (TPSA) is 15.3 Å². The average molecular weight is 334 g/mol. The molecule has 1 N–H and O–H groups in total. The first-order chi connectivity index (χ1) is 11.5. The minimum Gasteiger partial charge on any atom is -0.309 e. The van der Waals surface area contributed by atoms with Crippen molar-refractivity contribution >= 4 is 0 Å². The van der Waals surface area contributed by atoms with Crippen molar-refractivity contribution in [3.8, 4) is 11.1 Å². The number of nitrogens with one attached hydrogen (secondary N) is 1. The van der Waals surface area contributed by atoms with Crippen LogP contribution < -0.4 is 5.32 Å². The number of benzene rings is 2. The van der Waals surface area contributed by atoms with Gasteiger partial charge in [0.25, 0.3) is 0 Å². The second kappa shape index (κ2) is 7.36. The zero-order chi connectivity index (χ0) is 17.0. The fourth-order valence-corrected chi connectivity index (χ4v) is 3.15. The first-order valence-corrected chi connectivity index (χ1v) is 8.16. The van der Waals surface area contributed by atoms with E-state index in [0.717, 1.165) is 23.1 Å². The van der Waals surface area contributed by atoms with Gasteiger partial charge in [-0.25, -0.2) is 0 Å². The fourth-order valence-electron chi connectivity index (χ4n) is 3.15. The van der Waals surface area contributed by atoms with E-state index in [1.807, 2.05) is 30.3 Å². The van der Waals surface area contributed by atoms with Crippen LogP contribution in [0.25, 0.3) is 11.1 Å². The predicted octanol–water partition coefficient (Wildman–Crippen LogP) is 4.08. The van der Waals surface area contributed by atoms with Crippen LogP contribution in [0.2, 0.25) is 0 Å². The van der Waals surface area contributed by atoms with E-state index in [1.165, 1.54) is 4.90 Å². The fraction of sp³-hybridized carbons (Fsp3) is 0.368. The van der Waals surface area contributed by atoms with Gasteiger partial charge in [-0.15, -0.1) is 0 Å². The lowest BCUT2D eigenvalue weighted by molar-refractivity contribution is -0.143. The minimum absolute atomic E-state index is 0.118. The summed E-state index contributed by atoms with van der Waals surface area (Å²) in [6.07, 6.45) is -3.35. The Morgan fingerprint density at radius 2 is 1.75 bits per heavy atom. The van der Waals surface area contributed by atoms with Gasteiger partial charge in [-0.05, 0) is 29.2 Å². The second-order valence-corrected chi connectivity index (χ2v) is 6.28. The van der Waals surface area contributed by atoms with Crippen LogP contribution in [0.4, 0.5) is 13.2 Å². The molecule has 0 bridgehead atoms. The van der Waals surface area contributed by atoms with E-state index in [0.29, 0.717) is 19.6 Å². The molecule has 1 fully saturated rings. The molecule has 0 unspecified atom stereocenters. The van der Waals surface area contributed by atoms with Gasteiger partial charge in [0.2, 0.25) is 0 Å². The number of hydrogen-bond acceptors (Lipinski definition) is 2. The van der Waals surface area contributed by atoms with E-state index in [2.05, 4.69) is 29.6 Å². The van der Waals surface area contributed by atoms with Gasteiger partial charge >= 0.3 is 6.18 Å². The summed E-state index contributed by atoms with van der Waals surface area (Å²) in [6.45, 7) is 0.818. The minimum atomic E-state index is -4.11.